The van der Waals surface area contributed by atoms with Crippen molar-refractivity contribution in [1.29, 1.82) is 0 Å². The zero-order valence-electron chi connectivity index (χ0n) is 17.9. The van der Waals surface area contributed by atoms with Gasteiger partial charge < -0.3 is 5.32 Å². The summed E-state index contributed by atoms with van der Waals surface area (Å²) in [6, 6.07) is 17.5. The van der Waals surface area contributed by atoms with Gasteiger partial charge in [-0.05, 0) is 39.7 Å². The summed E-state index contributed by atoms with van der Waals surface area (Å²) in [7, 11) is 0. The number of carbonyl (C=O) groups is 1. The third-order valence-corrected chi connectivity index (χ3v) is 6.08. The highest BCUT2D eigenvalue weighted by molar-refractivity contribution is 9.10. The maximum atomic E-state index is 13.8. The molecular formula is C24H16BrClF2N6O. The smallest absolute Gasteiger partial charge is 0.280 e. The molecule has 0 atom stereocenters. The number of amides is 1. The van der Waals surface area contributed by atoms with Gasteiger partial charge in [0.05, 0.1) is 22.9 Å². The molecule has 176 valence electrons. The third kappa shape index (κ3) is 4.80. The quantitative estimate of drug-likeness (QED) is 0.268. The Bertz CT molecular complexity index is 1520. The molecule has 0 bridgehead atoms. The van der Waals surface area contributed by atoms with E-state index >= 15 is 0 Å². The highest BCUT2D eigenvalue weighted by Crippen LogP contribution is 2.28. The van der Waals surface area contributed by atoms with Crippen molar-refractivity contribution in [3.63, 3.8) is 0 Å². The summed E-state index contributed by atoms with van der Waals surface area (Å²) in [5, 5.41) is 11.7. The van der Waals surface area contributed by atoms with Crippen molar-refractivity contribution >= 4 is 44.9 Å². The van der Waals surface area contributed by atoms with Crippen LogP contribution in [-0.4, -0.2) is 30.3 Å². The van der Waals surface area contributed by atoms with Crippen molar-refractivity contribution < 1.29 is 13.6 Å². The van der Waals surface area contributed by atoms with E-state index in [0.29, 0.717) is 27.3 Å². The first-order valence-electron chi connectivity index (χ1n) is 10.4. The molecule has 5 rings (SSSR count). The zero-order valence-corrected chi connectivity index (χ0v) is 20.2. The Morgan fingerprint density at radius 1 is 1.11 bits per heavy atom. The van der Waals surface area contributed by atoms with Crippen LogP contribution in [0.25, 0.3) is 16.9 Å². The normalized spacial score (nSPS) is 11.3. The van der Waals surface area contributed by atoms with E-state index in [1.165, 1.54) is 12.3 Å². The predicted octanol–water partition coefficient (Wildman–Crippen LogP) is 6.25. The van der Waals surface area contributed by atoms with Crippen molar-refractivity contribution in [2.24, 2.45) is 0 Å². The topological polar surface area (TPSA) is 77.1 Å². The lowest BCUT2D eigenvalue weighted by Gasteiger charge is -2.08. The highest BCUT2D eigenvalue weighted by atomic mass is 79.9. The van der Waals surface area contributed by atoms with Crippen molar-refractivity contribution in [2.45, 2.75) is 13.0 Å². The Balaban J connectivity index is 1.46. The van der Waals surface area contributed by atoms with Gasteiger partial charge in [0.2, 0.25) is 0 Å². The fourth-order valence-electron chi connectivity index (χ4n) is 3.57. The molecule has 35 heavy (non-hydrogen) atoms. The first kappa shape index (κ1) is 23.1. The fraction of sp³-hybridized carbons (Fsp3) is 0.0833. The van der Waals surface area contributed by atoms with E-state index in [-0.39, 0.29) is 22.7 Å². The lowest BCUT2D eigenvalue weighted by atomic mass is 10.1. The number of aromatic nitrogens is 5. The van der Waals surface area contributed by atoms with E-state index in [0.717, 1.165) is 10.1 Å². The molecule has 3 heterocycles. The summed E-state index contributed by atoms with van der Waals surface area (Å²) >= 11 is 9.33. The van der Waals surface area contributed by atoms with Crippen LogP contribution in [0.4, 0.5) is 14.6 Å². The van der Waals surface area contributed by atoms with Gasteiger partial charge in [-0.1, -0.05) is 54.1 Å². The average molecular weight is 558 g/mol. The van der Waals surface area contributed by atoms with Crippen LogP contribution in [0.5, 0.6) is 0 Å². The standard InChI is InChI=1S/C24H16BrClF2N6O/c25-18-13-33(12-14-6-8-16(26)9-7-14)32-22(18)31-24(35)17-11-29-34-20(21(27)28)10-19(30-23(17)34)15-4-2-1-3-5-15/h1-11,13,21H,12H2,(H,31,32,35). The van der Waals surface area contributed by atoms with E-state index in [1.54, 1.807) is 47.3 Å². The second-order valence-electron chi connectivity index (χ2n) is 7.63. The summed E-state index contributed by atoms with van der Waals surface area (Å²) < 4.78 is 30.8. The van der Waals surface area contributed by atoms with Crippen LogP contribution in [0, 0.1) is 0 Å². The highest BCUT2D eigenvalue weighted by Gasteiger charge is 2.22. The molecule has 0 spiro atoms. The second kappa shape index (κ2) is 9.55. The minimum absolute atomic E-state index is 0.0240. The first-order valence-corrected chi connectivity index (χ1v) is 11.6. The number of hydrogen-bond donors (Lipinski definition) is 1. The number of nitrogens with zero attached hydrogens (tertiary/aromatic N) is 5. The summed E-state index contributed by atoms with van der Waals surface area (Å²) in [6.07, 6.45) is 0.134. The van der Waals surface area contributed by atoms with Gasteiger partial charge in [0, 0.05) is 16.8 Å². The molecule has 0 aliphatic heterocycles. The molecule has 1 N–H and O–H groups in total. The van der Waals surface area contributed by atoms with E-state index < -0.39 is 12.3 Å². The van der Waals surface area contributed by atoms with Crippen LogP contribution in [-0.2, 0) is 6.54 Å². The Labute approximate surface area is 211 Å². The van der Waals surface area contributed by atoms with Gasteiger partial charge in [-0.25, -0.2) is 18.3 Å². The van der Waals surface area contributed by atoms with E-state index in [2.05, 4.69) is 36.4 Å². The van der Waals surface area contributed by atoms with Gasteiger partial charge >= 0.3 is 0 Å². The molecule has 1 amide bonds. The number of carbonyl (C=O) groups excluding carboxylic acids is 1. The van der Waals surface area contributed by atoms with Crippen molar-refractivity contribution in [1.82, 2.24) is 24.4 Å². The molecule has 0 saturated heterocycles. The van der Waals surface area contributed by atoms with Gasteiger partial charge in [0.1, 0.15) is 11.3 Å². The van der Waals surface area contributed by atoms with Crippen LogP contribution in [0.15, 0.2) is 77.5 Å². The summed E-state index contributed by atoms with van der Waals surface area (Å²) in [6.45, 7) is 0.460. The average Bonchev–Trinajstić information content (AvgIpc) is 3.43. The fourth-order valence-corrected chi connectivity index (χ4v) is 4.11. The SMILES string of the molecule is O=C(Nc1nn(Cc2ccc(Cl)cc2)cc1Br)c1cnn2c(C(F)F)cc(-c3ccccc3)nc12. The Hall–Kier alpha value is -3.63. The molecule has 11 heteroatoms. The zero-order chi connectivity index (χ0) is 24.5. The van der Waals surface area contributed by atoms with Gasteiger partial charge in [0.15, 0.2) is 11.5 Å². The lowest BCUT2D eigenvalue weighted by Crippen LogP contribution is -2.14. The molecule has 5 aromatic rings. The van der Waals surface area contributed by atoms with Crippen LogP contribution >= 0.6 is 27.5 Å². The van der Waals surface area contributed by atoms with Crippen LogP contribution in [0.1, 0.15) is 28.0 Å². The molecular weight excluding hydrogens is 542 g/mol. The predicted molar refractivity (Wildman–Crippen MR) is 132 cm³/mol. The van der Waals surface area contributed by atoms with Crippen molar-refractivity contribution in [3.05, 3.63) is 99.4 Å². The number of hydrogen-bond acceptors (Lipinski definition) is 4. The molecule has 0 saturated carbocycles. The van der Waals surface area contributed by atoms with Crippen LogP contribution in [0.3, 0.4) is 0 Å². The first-order chi connectivity index (χ1) is 16.9. The van der Waals surface area contributed by atoms with Gasteiger partial charge in [-0.2, -0.15) is 10.2 Å². The summed E-state index contributed by atoms with van der Waals surface area (Å²) in [4.78, 5) is 17.6. The Morgan fingerprint density at radius 3 is 2.57 bits per heavy atom. The molecule has 2 aromatic carbocycles. The maximum absolute atomic E-state index is 13.8. The van der Waals surface area contributed by atoms with E-state index in [1.807, 2.05) is 18.2 Å². The maximum Gasteiger partial charge on any atom is 0.280 e. The number of benzene rings is 2. The van der Waals surface area contributed by atoms with Gasteiger partial charge in [-0.15, -0.1) is 0 Å². The number of halogens is 4. The lowest BCUT2D eigenvalue weighted by molar-refractivity contribution is 0.102. The van der Waals surface area contributed by atoms with Gasteiger partial charge in [-0.3, -0.25) is 9.48 Å². The monoisotopic (exact) mass is 556 g/mol. The van der Waals surface area contributed by atoms with E-state index in [4.69, 9.17) is 11.6 Å². The number of anilines is 1. The minimum Gasteiger partial charge on any atom is -0.304 e. The molecule has 7 nitrogen and oxygen atoms in total. The summed E-state index contributed by atoms with van der Waals surface area (Å²) in [5.41, 5.74) is 1.65. The third-order valence-electron chi connectivity index (χ3n) is 5.24. The minimum atomic E-state index is -2.81. The molecule has 0 radical (unpaired) electrons. The summed E-state index contributed by atoms with van der Waals surface area (Å²) in [5.74, 6) is -0.299. The van der Waals surface area contributed by atoms with Crippen molar-refractivity contribution in [2.75, 3.05) is 5.32 Å². The van der Waals surface area contributed by atoms with Crippen LogP contribution in [0.2, 0.25) is 5.02 Å². The number of fused-ring (bicyclic) bond motifs is 1. The Morgan fingerprint density at radius 2 is 1.86 bits per heavy atom. The number of alkyl halides is 2. The second-order valence-corrected chi connectivity index (χ2v) is 8.92. The number of rotatable bonds is 6. The number of nitrogens with one attached hydrogen (secondary N) is 1. The molecule has 3 aromatic heterocycles. The van der Waals surface area contributed by atoms with Crippen molar-refractivity contribution in [3.8, 4) is 11.3 Å². The molecule has 0 fully saturated rings. The Kier molecular flexibility index (Phi) is 6.31. The largest absolute Gasteiger partial charge is 0.304 e. The van der Waals surface area contributed by atoms with Crippen LogP contribution < -0.4 is 5.32 Å². The molecule has 0 unspecified atom stereocenters. The van der Waals surface area contributed by atoms with E-state index in [9.17, 15) is 13.6 Å². The van der Waals surface area contributed by atoms with Gasteiger partial charge in [0.25, 0.3) is 12.3 Å². The molecule has 0 aliphatic rings. The molecule has 0 aliphatic carbocycles.